The molecule has 90 valence electrons. The molecule has 0 aromatic heterocycles. The van der Waals surface area contributed by atoms with Crippen LogP contribution >= 0.6 is 11.6 Å². The number of halogens is 2. The number of rotatable bonds is 2. The van der Waals surface area contributed by atoms with E-state index in [0.717, 1.165) is 5.56 Å². The number of nitriles is 1. The summed E-state index contributed by atoms with van der Waals surface area (Å²) in [5.74, 6) is -0.524. The largest absolute Gasteiger partial charge is 0.352 e. The molecule has 0 saturated carbocycles. The number of nitrogens with zero attached hydrogens (tertiary/aromatic N) is 1. The Labute approximate surface area is 110 Å². The summed E-state index contributed by atoms with van der Waals surface area (Å²) in [6, 6.07) is 12.1. The van der Waals surface area contributed by atoms with Crippen molar-refractivity contribution in [1.29, 1.82) is 5.26 Å². The lowest BCUT2D eigenvalue weighted by molar-refractivity contribution is 0.632. The zero-order valence-corrected chi connectivity index (χ0v) is 10.4. The zero-order valence-electron chi connectivity index (χ0n) is 9.67. The predicted molar refractivity (Wildman–Crippen MR) is 70.6 cm³/mol. The minimum Gasteiger partial charge on any atom is -0.352 e. The molecule has 0 unspecified atom stereocenters. The van der Waals surface area contributed by atoms with Gasteiger partial charge in [0.05, 0.1) is 22.0 Å². The molecule has 0 heterocycles. The van der Waals surface area contributed by atoms with Gasteiger partial charge in [0.25, 0.3) is 0 Å². The van der Waals surface area contributed by atoms with Crippen LogP contribution in [0.2, 0.25) is 5.02 Å². The molecule has 0 aliphatic carbocycles. The molecular weight excluding hydrogens is 251 g/mol. The van der Waals surface area contributed by atoms with E-state index in [9.17, 15) is 4.39 Å². The fraction of sp³-hybridized carbons (Fsp3) is 0.0714. The first-order valence-corrected chi connectivity index (χ1v) is 5.71. The van der Waals surface area contributed by atoms with Crippen molar-refractivity contribution in [1.82, 2.24) is 0 Å². The molecule has 0 amide bonds. The third-order valence-electron chi connectivity index (χ3n) is 2.52. The number of aryl methyl sites for hydroxylation is 1. The first kappa shape index (κ1) is 12.4. The predicted octanol–water partition coefficient (Wildman–Crippen LogP) is 4.40. The van der Waals surface area contributed by atoms with E-state index in [1.165, 1.54) is 6.07 Å². The summed E-state index contributed by atoms with van der Waals surface area (Å²) >= 11 is 5.70. The summed E-state index contributed by atoms with van der Waals surface area (Å²) in [4.78, 5) is 0. The van der Waals surface area contributed by atoms with Crippen molar-refractivity contribution in [3.05, 3.63) is 58.4 Å². The standard InChI is InChI=1S/C14H10ClFN2/c1-9-5-6-10(8-17)13(7-9)18-12-4-2-3-11(15)14(12)16/h2-7,18H,1H3. The lowest BCUT2D eigenvalue weighted by Gasteiger charge is -2.10. The molecular formula is C14H10ClFN2. The second kappa shape index (κ2) is 5.07. The van der Waals surface area contributed by atoms with Crippen LogP contribution in [0.4, 0.5) is 15.8 Å². The molecule has 0 bridgehead atoms. The Kier molecular flexibility index (Phi) is 3.50. The van der Waals surface area contributed by atoms with Gasteiger partial charge in [-0.15, -0.1) is 0 Å². The van der Waals surface area contributed by atoms with Gasteiger partial charge < -0.3 is 5.32 Å². The minimum atomic E-state index is -0.524. The van der Waals surface area contributed by atoms with Gasteiger partial charge in [-0.3, -0.25) is 0 Å². The lowest BCUT2D eigenvalue weighted by atomic mass is 10.1. The summed E-state index contributed by atoms with van der Waals surface area (Å²) in [5, 5.41) is 11.9. The second-order valence-electron chi connectivity index (χ2n) is 3.89. The molecule has 18 heavy (non-hydrogen) atoms. The van der Waals surface area contributed by atoms with Crippen LogP contribution in [0.25, 0.3) is 0 Å². The van der Waals surface area contributed by atoms with Crippen LogP contribution in [0.3, 0.4) is 0 Å². The number of hydrogen-bond acceptors (Lipinski definition) is 2. The highest BCUT2D eigenvalue weighted by Crippen LogP contribution is 2.27. The van der Waals surface area contributed by atoms with E-state index in [4.69, 9.17) is 16.9 Å². The quantitative estimate of drug-likeness (QED) is 0.869. The summed E-state index contributed by atoms with van der Waals surface area (Å²) in [6.45, 7) is 1.90. The molecule has 0 aliphatic heterocycles. The van der Waals surface area contributed by atoms with Crippen LogP contribution in [-0.4, -0.2) is 0 Å². The number of anilines is 2. The molecule has 0 saturated heterocycles. The van der Waals surface area contributed by atoms with Gasteiger partial charge in [0.2, 0.25) is 0 Å². The Bertz CT molecular complexity index is 632. The van der Waals surface area contributed by atoms with Crippen molar-refractivity contribution in [2.75, 3.05) is 5.32 Å². The van der Waals surface area contributed by atoms with Gasteiger partial charge >= 0.3 is 0 Å². The molecule has 0 aliphatic rings. The fourth-order valence-corrected chi connectivity index (χ4v) is 1.78. The fourth-order valence-electron chi connectivity index (χ4n) is 1.60. The Morgan fingerprint density at radius 3 is 2.72 bits per heavy atom. The maximum Gasteiger partial charge on any atom is 0.165 e. The molecule has 4 heteroatoms. The summed E-state index contributed by atoms with van der Waals surface area (Å²) in [6.07, 6.45) is 0. The van der Waals surface area contributed by atoms with Crippen LogP contribution in [0.5, 0.6) is 0 Å². The van der Waals surface area contributed by atoms with Crippen molar-refractivity contribution >= 4 is 23.0 Å². The van der Waals surface area contributed by atoms with E-state index in [-0.39, 0.29) is 10.7 Å². The number of benzene rings is 2. The molecule has 1 N–H and O–H groups in total. The topological polar surface area (TPSA) is 35.8 Å². The third-order valence-corrected chi connectivity index (χ3v) is 2.81. The van der Waals surface area contributed by atoms with E-state index in [0.29, 0.717) is 11.3 Å². The molecule has 2 aromatic carbocycles. The number of hydrogen-bond donors (Lipinski definition) is 1. The minimum absolute atomic E-state index is 0.0474. The van der Waals surface area contributed by atoms with Crippen molar-refractivity contribution in [2.45, 2.75) is 6.92 Å². The summed E-state index contributed by atoms with van der Waals surface area (Å²) in [5.41, 5.74) is 2.27. The van der Waals surface area contributed by atoms with E-state index >= 15 is 0 Å². The van der Waals surface area contributed by atoms with Crippen molar-refractivity contribution in [2.24, 2.45) is 0 Å². The van der Waals surface area contributed by atoms with Gasteiger partial charge in [0, 0.05) is 0 Å². The van der Waals surface area contributed by atoms with Crippen molar-refractivity contribution in [3.63, 3.8) is 0 Å². The maximum absolute atomic E-state index is 13.7. The smallest absolute Gasteiger partial charge is 0.165 e. The van der Waals surface area contributed by atoms with Gasteiger partial charge in [0.1, 0.15) is 6.07 Å². The summed E-state index contributed by atoms with van der Waals surface area (Å²) < 4.78 is 13.7. The molecule has 2 aromatic rings. The average molecular weight is 261 g/mol. The lowest BCUT2D eigenvalue weighted by Crippen LogP contribution is -1.97. The average Bonchev–Trinajstić information content (AvgIpc) is 2.35. The van der Waals surface area contributed by atoms with E-state index < -0.39 is 5.82 Å². The first-order chi connectivity index (χ1) is 8.61. The van der Waals surface area contributed by atoms with Crippen molar-refractivity contribution in [3.8, 4) is 6.07 Å². The molecule has 0 fully saturated rings. The zero-order chi connectivity index (χ0) is 13.1. The van der Waals surface area contributed by atoms with Gasteiger partial charge in [-0.1, -0.05) is 23.7 Å². The van der Waals surface area contributed by atoms with E-state index in [2.05, 4.69) is 11.4 Å². The molecule has 0 radical (unpaired) electrons. The number of nitrogens with one attached hydrogen (secondary N) is 1. The monoisotopic (exact) mass is 260 g/mol. The van der Waals surface area contributed by atoms with Crippen LogP contribution in [0.1, 0.15) is 11.1 Å². The van der Waals surface area contributed by atoms with Crippen LogP contribution < -0.4 is 5.32 Å². The van der Waals surface area contributed by atoms with Gasteiger partial charge in [0.15, 0.2) is 5.82 Å². The maximum atomic E-state index is 13.7. The van der Waals surface area contributed by atoms with Crippen molar-refractivity contribution < 1.29 is 4.39 Å². The van der Waals surface area contributed by atoms with Gasteiger partial charge in [-0.2, -0.15) is 5.26 Å². The first-order valence-electron chi connectivity index (χ1n) is 5.33. The highest BCUT2D eigenvalue weighted by atomic mass is 35.5. The van der Waals surface area contributed by atoms with E-state index in [1.54, 1.807) is 24.3 Å². The third kappa shape index (κ3) is 2.44. The Hall–Kier alpha value is -2.05. The van der Waals surface area contributed by atoms with Gasteiger partial charge in [-0.25, -0.2) is 4.39 Å². The molecule has 2 rings (SSSR count). The molecule has 0 atom stereocenters. The second-order valence-corrected chi connectivity index (χ2v) is 4.29. The molecule has 2 nitrogen and oxygen atoms in total. The normalized spacial score (nSPS) is 9.89. The van der Waals surface area contributed by atoms with Crippen LogP contribution in [-0.2, 0) is 0 Å². The Morgan fingerprint density at radius 1 is 1.22 bits per heavy atom. The molecule has 0 spiro atoms. The van der Waals surface area contributed by atoms with Crippen LogP contribution in [0.15, 0.2) is 36.4 Å². The Morgan fingerprint density at radius 2 is 2.00 bits per heavy atom. The van der Waals surface area contributed by atoms with E-state index in [1.807, 2.05) is 13.0 Å². The highest BCUT2D eigenvalue weighted by Gasteiger charge is 2.08. The highest BCUT2D eigenvalue weighted by molar-refractivity contribution is 6.31. The SMILES string of the molecule is Cc1ccc(C#N)c(Nc2cccc(Cl)c2F)c1. The van der Waals surface area contributed by atoms with Gasteiger partial charge in [-0.05, 0) is 36.8 Å². The Balaban J connectivity index is 2.43. The summed E-state index contributed by atoms with van der Waals surface area (Å²) in [7, 11) is 0. The van der Waals surface area contributed by atoms with Crippen LogP contribution in [0, 0.1) is 24.1 Å².